The fraction of sp³-hybridized carbons (Fsp3) is 0.923. The molecule has 3 heteroatoms. The van der Waals surface area contributed by atoms with Crippen LogP contribution in [0.15, 0.2) is 0 Å². The van der Waals surface area contributed by atoms with E-state index in [4.69, 9.17) is 0 Å². The average molecular weight is 224 g/mol. The molecule has 0 aromatic rings. The molecule has 0 aliphatic heterocycles. The van der Waals surface area contributed by atoms with E-state index in [1.165, 1.54) is 19.3 Å². The van der Waals surface area contributed by atoms with Crippen LogP contribution in [-0.4, -0.2) is 25.5 Å². The Morgan fingerprint density at radius 1 is 1.38 bits per heavy atom. The molecule has 16 heavy (non-hydrogen) atoms. The first-order chi connectivity index (χ1) is 7.41. The van der Waals surface area contributed by atoms with Crippen molar-refractivity contribution < 1.29 is 4.79 Å². The number of carbonyl (C=O) groups is 1. The normalized spacial score (nSPS) is 40.0. The fourth-order valence-electron chi connectivity index (χ4n) is 3.82. The van der Waals surface area contributed by atoms with Gasteiger partial charge in [0.2, 0.25) is 5.91 Å². The van der Waals surface area contributed by atoms with Gasteiger partial charge in [0, 0.05) is 13.1 Å². The Morgan fingerprint density at radius 2 is 2.06 bits per heavy atom. The van der Waals surface area contributed by atoms with Crippen LogP contribution >= 0.6 is 0 Å². The summed E-state index contributed by atoms with van der Waals surface area (Å²) in [7, 11) is 1.69. The fourth-order valence-corrected chi connectivity index (χ4v) is 3.82. The molecule has 0 spiro atoms. The van der Waals surface area contributed by atoms with E-state index in [2.05, 4.69) is 31.4 Å². The molecule has 3 nitrogen and oxygen atoms in total. The predicted octanol–water partition coefficient (Wildman–Crippen LogP) is 1.54. The molecule has 2 rings (SSSR count). The van der Waals surface area contributed by atoms with Crippen LogP contribution in [-0.2, 0) is 4.79 Å². The van der Waals surface area contributed by atoms with Crippen LogP contribution in [0.1, 0.15) is 40.0 Å². The molecule has 2 fully saturated rings. The highest BCUT2D eigenvalue weighted by Crippen LogP contribution is 2.65. The van der Waals surface area contributed by atoms with Gasteiger partial charge in [-0.15, -0.1) is 0 Å². The first-order valence-electron chi connectivity index (χ1n) is 6.36. The maximum Gasteiger partial charge on any atom is 0.233 e. The molecule has 2 aliphatic carbocycles. The molecule has 2 bridgehead atoms. The number of fused-ring (bicyclic) bond motifs is 2. The van der Waals surface area contributed by atoms with Crippen molar-refractivity contribution in [2.75, 3.05) is 13.6 Å². The van der Waals surface area contributed by atoms with Crippen LogP contribution in [0.4, 0.5) is 0 Å². The average Bonchev–Trinajstić information content (AvgIpc) is 2.58. The second kappa shape index (κ2) is 3.73. The number of hydrogen-bond donors (Lipinski definition) is 2. The molecule has 0 aromatic heterocycles. The summed E-state index contributed by atoms with van der Waals surface area (Å²) >= 11 is 0. The van der Waals surface area contributed by atoms with E-state index in [1.807, 2.05) is 0 Å². The minimum atomic E-state index is 0.0872. The van der Waals surface area contributed by atoms with Gasteiger partial charge in [0.25, 0.3) is 0 Å². The Kier molecular flexibility index (Phi) is 2.77. The van der Waals surface area contributed by atoms with Crippen molar-refractivity contribution >= 4 is 5.91 Å². The molecule has 1 amide bonds. The molecule has 2 N–H and O–H groups in total. The minimum Gasteiger partial charge on any atom is -0.358 e. The zero-order chi connectivity index (χ0) is 12.0. The molecule has 0 radical (unpaired) electrons. The van der Waals surface area contributed by atoms with E-state index >= 15 is 0 Å². The van der Waals surface area contributed by atoms with Gasteiger partial charge in [-0.1, -0.05) is 20.8 Å². The van der Waals surface area contributed by atoms with Gasteiger partial charge in [-0.3, -0.25) is 4.79 Å². The zero-order valence-corrected chi connectivity index (χ0v) is 10.9. The van der Waals surface area contributed by atoms with E-state index in [0.717, 1.165) is 5.92 Å². The molecule has 3 atom stereocenters. The third kappa shape index (κ3) is 1.48. The van der Waals surface area contributed by atoms with Crippen LogP contribution in [0.5, 0.6) is 0 Å². The number of carbonyl (C=O) groups excluding carboxylic acids is 1. The van der Waals surface area contributed by atoms with Crippen molar-refractivity contribution in [2.45, 2.75) is 46.1 Å². The van der Waals surface area contributed by atoms with E-state index in [-0.39, 0.29) is 5.91 Å². The summed E-state index contributed by atoms with van der Waals surface area (Å²) < 4.78 is 0. The number of rotatable bonds is 3. The van der Waals surface area contributed by atoms with Crippen LogP contribution < -0.4 is 10.6 Å². The van der Waals surface area contributed by atoms with Gasteiger partial charge < -0.3 is 10.6 Å². The summed E-state index contributed by atoms with van der Waals surface area (Å²) in [6.45, 7) is 7.64. The quantitative estimate of drug-likeness (QED) is 0.763. The van der Waals surface area contributed by atoms with E-state index < -0.39 is 0 Å². The lowest BCUT2D eigenvalue weighted by Gasteiger charge is -2.39. The maximum absolute atomic E-state index is 11.3. The highest BCUT2D eigenvalue weighted by atomic mass is 16.1. The molecular formula is C13H24N2O. The Hall–Kier alpha value is -0.570. The lowest BCUT2D eigenvalue weighted by molar-refractivity contribution is -0.120. The third-order valence-electron chi connectivity index (χ3n) is 5.58. The first-order valence-corrected chi connectivity index (χ1v) is 6.36. The standard InChI is InChI=1S/C13H24N2O/c1-12(2)9-5-6-13(12,3)10(7-9)15-8-11(16)14-4/h9-10,15H,5-8H2,1-4H3,(H,14,16)/t9?,10?,13-/m0/s1. The SMILES string of the molecule is CNC(=O)CNC1CC2CC[C@]1(C)C2(C)C. The van der Waals surface area contributed by atoms with Crippen LogP contribution in [0, 0.1) is 16.7 Å². The summed E-state index contributed by atoms with van der Waals surface area (Å²) in [4.78, 5) is 11.3. The smallest absolute Gasteiger partial charge is 0.233 e. The summed E-state index contributed by atoms with van der Waals surface area (Å²) in [6.07, 6.45) is 3.90. The Labute approximate surface area is 98.4 Å². The van der Waals surface area contributed by atoms with Gasteiger partial charge in [0.1, 0.15) is 0 Å². The van der Waals surface area contributed by atoms with Crippen LogP contribution in [0.2, 0.25) is 0 Å². The number of hydrogen-bond acceptors (Lipinski definition) is 2. The van der Waals surface area contributed by atoms with Gasteiger partial charge in [0.15, 0.2) is 0 Å². The second-order valence-corrected chi connectivity index (χ2v) is 6.22. The van der Waals surface area contributed by atoms with Gasteiger partial charge in [-0.2, -0.15) is 0 Å². The molecule has 0 saturated heterocycles. The molecule has 2 unspecified atom stereocenters. The highest BCUT2D eigenvalue weighted by Gasteiger charge is 2.60. The molecular weight excluding hydrogens is 200 g/mol. The summed E-state index contributed by atoms with van der Waals surface area (Å²) in [5.74, 6) is 0.920. The molecule has 2 aliphatic rings. The van der Waals surface area contributed by atoms with E-state index in [9.17, 15) is 4.79 Å². The lowest BCUT2D eigenvalue weighted by atomic mass is 9.69. The summed E-state index contributed by atoms with van der Waals surface area (Å²) in [6, 6.07) is 0.513. The molecule has 0 aromatic carbocycles. The highest BCUT2D eigenvalue weighted by molar-refractivity contribution is 5.77. The number of amides is 1. The summed E-state index contributed by atoms with van der Waals surface area (Å²) in [5, 5.41) is 6.11. The first kappa shape index (κ1) is 11.9. The van der Waals surface area contributed by atoms with Crippen molar-refractivity contribution in [3.63, 3.8) is 0 Å². The molecule has 2 saturated carbocycles. The monoisotopic (exact) mass is 224 g/mol. The van der Waals surface area contributed by atoms with Crippen LogP contribution in [0.3, 0.4) is 0 Å². The van der Waals surface area contributed by atoms with E-state index in [1.54, 1.807) is 7.05 Å². The zero-order valence-electron chi connectivity index (χ0n) is 10.9. The van der Waals surface area contributed by atoms with Crippen molar-refractivity contribution in [3.05, 3.63) is 0 Å². The number of nitrogens with one attached hydrogen (secondary N) is 2. The second-order valence-electron chi connectivity index (χ2n) is 6.22. The van der Waals surface area contributed by atoms with Gasteiger partial charge in [0.05, 0.1) is 6.54 Å². The predicted molar refractivity (Wildman–Crippen MR) is 65.1 cm³/mol. The van der Waals surface area contributed by atoms with Crippen molar-refractivity contribution in [2.24, 2.45) is 16.7 Å². The number of likely N-dealkylation sites (N-methyl/N-ethyl adjacent to an activating group) is 1. The molecule has 92 valence electrons. The Bertz CT molecular complexity index is 300. The van der Waals surface area contributed by atoms with Gasteiger partial charge in [-0.25, -0.2) is 0 Å². The van der Waals surface area contributed by atoms with Gasteiger partial charge in [-0.05, 0) is 36.0 Å². The molecule has 0 heterocycles. The third-order valence-corrected chi connectivity index (χ3v) is 5.58. The lowest BCUT2D eigenvalue weighted by Crippen LogP contribution is -2.47. The summed E-state index contributed by atoms with van der Waals surface area (Å²) in [5.41, 5.74) is 0.791. The Balaban J connectivity index is 2.02. The van der Waals surface area contributed by atoms with Gasteiger partial charge >= 0.3 is 0 Å². The van der Waals surface area contributed by atoms with E-state index in [0.29, 0.717) is 23.4 Å². The van der Waals surface area contributed by atoms with Crippen LogP contribution in [0.25, 0.3) is 0 Å². The topological polar surface area (TPSA) is 41.1 Å². The maximum atomic E-state index is 11.3. The van der Waals surface area contributed by atoms with Crippen molar-refractivity contribution in [1.29, 1.82) is 0 Å². The minimum absolute atomic E-state index is 0.0872. The van der Waals surface area contributed by atoms with Crippen molar-refractivity contribution in [1.82, 2.24) is 10.6 Å². The Morgan fingerprint density at radius 3 is 2.50 bits per heavy atom. The largest absolute Gasteiger partial charge is 0.358 e. The van der Waals surface area contributed by atoms with Crippen molar-refractivity contribution in [3.8, 4) is 0 Å².